The van der Waals surface area contributed by atoms with Crippen molar-refractivity contribution in [1.82, 2.24) is 4.90 Å². The highest BCUT2D eigenvalue weighted by Crippen LogP contribution is 2.21. The standard InChI is InChI=1S/C36H61NO13/c1-2-3-4-7-11-40-13-15-42-17-19-44-21-23-46-25-27-48-29-31-50-32-30-49-28-26-47-24-22-45-20-18-43-16-14-41-12-10-37-35(38)33-8-5-6-9-34(33)36(37)39/h5-6,8-9H,2-4,7,10-32H2,1H3. The second-order valence-electron chi connectivity index (χ2n) is 11.1. The number of ether oxygens (including phenoxy) is 11. The number of rotatable bonds is 38. The number of fused-ring (bicyclic) bond motifs is 1. The molecular formula is C36H61NO13. The van der Waals surface area contributed by atoms with E-state index in [4.69, 9.17) is 52.1 Å². The molecule has 50 heavy (non-hydrogen) atoms. The van der Waals surface area contributed by atoms with Crippen molar-refractivity contribution in [3.8, 4) is 0 Å². The van der Waals surface area contributed by atoms with E-state index in [2.05, 4.69) is 6.92 Å². The summed E-state index contributed by atoms with van der Waals surface area (Å²) in [4.78, 5) is 25.8. The third kappa shape index (κ3) is 22.7. The number of carbonyl (C=O) groups is 2. The lowest BCUT2D eigenvalue weighted by molar-refractivity contribution is -0.0276. The van der Waals surface area contributed by atoms with E-state index in [9.17, 15) is 9.59 Å². The predicted molar refractivity (Wildman–Crippen MR) is 185 cm³/mol. The lowest BCUT2D eigenvalue weighted by Crippen LogP contribution is -2.33. The average Bonchev–Trinajstić information content (AvgIpc) is 3.37. The summed E-state index contributed by atoms with van der Waals surface area (Å²) in [6, 6.07) is 6.82. The van der Waals surface area contributed by atoms with Gasteiger partial charge in [-0.2, -0.15) is 0 Å². The van der Waals surface area contributed by atoms with Gasteiger partial charge < -0.3 is 52.1 Å². The molecule has 1 aliphatic heterocycles. The third-order valence-electron chi connectivity index (χ3n) is 7.20. The van der Waals surface area contributed by atoms with Crippen molar-refractivity contribution in [3.63, 3.8) is 0 Å². The first kappa shape index (κ1) is 44.1. The van der Waals surface area contributed by atoms with E-state index in [-0.39, 0.29) is 25.0 Å². The van der Waals surface area contributed by atoms with E-state index in [1.165, 1.54) is 24.2 Å². The van der Waals surface area contributed by atoms with Crippen molar-refractivity contribution < 1.29 is 61.7 Å². The van der Waals surface area contributed by atoms with Crippen LogP contribution >= 0.6 is 0 Å². The van der Waals surface area contributed by atoms with Crippen molar-refractivity contribution >= 4 is 11.8 Å². The van der Waals surface area contributed by atoms with E-state index in [1.54, 1.807) is 24.3 Å². The van der Waals surface area contributed by atoms with Crippen LogP contribution < -0.4 is 0 Å². The molecule has 1 heterocycles. The molecule has 0 saturated heterocycles. The Morgan fingerprint density at radius 1 is 0.380 bits per heavy atom. The summed E-state index contributed by atoms with van der Waals surface area (Å²) in [6.45, 7) is 13.5. The Labute approximate surface area is 298 Å². The largest absolute Gasteiger partial charge is 0.379 e. The van der Waals surface area contributed by atoms with Crippen LogP contribution in [0.2, 0.25) is 0 Å². The SMILES string of the molecule is CCCCCCOCCOCCOCCOCCOCCOCCOCCOCCOCCOCCOCCN1C(=O)c2ccccc2C1=O. The van der Waals surface area contributed by atoms with Crippen LogP contribution in [0.3, 0.4) is 0 Å². The molecule has 0 aliphatic carbocycles. The summed E-state index contributed by atoms with van der Waals surface area (Å²) in [7, 11) is 0. The second kappa shape index (κ2) is 32.8. The minimum atomic E-state index is -0.276. The molecule has 0 bridgehead atoms. The average molecular weight is 716 g/mol. The first-order valence-electron chi connectivity index (χ1n) is 18.1. The van der Waals surface area contributed by atoms with Gasteiger partial charge in [0.25, 0.3) is 11.8 Å². The Balaban J connectivity index is 1.16. The van der Waals surface area contributed by atoms with Crippen molar-refractivity contribution in [3.05, 3.63) is 35.4 Å². The number of hydrogen-bond donors (Lipinski definition) is 0. The van der Waals surface area contributed by atoms with Gasteiger partial charge in [-0.1, -0.05) is 38.3 Å². The van der Waals surface area contributed by atoms with Crippen LogP contribution in [-0.2, 0) is 52.1 Å². The molecule has 2 amide bonds. The molecule has 0 atom stereocenters. The number of carbonyl (C=O) groups excluding carboxylic acids is 2. The number of benzene rings is 1. The summed E-state index contributed by atoms with van der Waals surface area (Å²) < 4.78 is 60.4. The number of nitrogens with zero attached hydrogens (tertiary/aromatic N) is 1. The fourth-order valence-electron chi connectivity index (χ4n) is 4.53. The molecule has 0 radical (unpaired) electrons. The lowest BCUT2D eigenvalue weighted by Gasteiger charge is -2.13. The molecule has 0 saturated carbocycles. The highest BCUT2D eigenvalue weighted by Gasteiger charge is 2.34. The van der Waals surface area contributed by atoms with E-state index < -0.39 is 0 Å². The van der Waals surface area contributed by atoms with Crippen LogP contribution in [0.1, 0.15) is 53.3 Å². The molecule has 1 aliphatic rings. The van der Waals surface area contributed by atoms with E-state index in [1.807, 2.05) is 0 Å². The van der Waals surface area contributed by atoms with Gasteiger partial charge in [0.1, 0.15) is 0 Å². The Morgan fingerprint density at radius 2 is 0.660 bits per heavy atom. The van der Waals surface area contributed by atoms with E-state index in [0.717, 1.165) is 13.0 Å². The predicted octanol–water partition coefficient (Wildman–Crippen LogP) is 3.05. The zero-order chi connectivity index (χ0) is 35.6. The summed E-state index contributed by atoms with van der Waals surface area (Å²) in [6.07, 6.45) is 4.87. The molecule has 1 aromatic carbocycles. The number of amides is 2. The Hall–Kier alpha value is -2.08. The highest BCUT2D eigenvalue weighted by atomic mass is 16.6. The van der Waals surface area contributed by atoms with Crippen LogP contribution in [0.5, 0.6) is 0 Å². The molecule has 0 unspecified atom stereocenters. The van der Waals surface area contributed by atoms with Crippen LogP contribution in [-0.4, -0.2) is 169 Å². The van der Waals surface area contributed by atoms with Gasteiger partial charge in [-0.3, -0.25) is 14.5 Å². The van der Waals surface area contributed by atoms with Gasteiger partial charge in [0.05, 0.1) is 156 Å². The fraction of sp³-hybridized carbons (Fsp3) is 0.778. The Kier molecular flexibility index (Phi) is 28.9. The van der Waals surface area contributed by atoms with Crippen LogP contribution in [0.15, 0.2) is 24.3 Å². The summed E-state index contributed by atoms with van der Waals surface area (Å²) in [5.41, 5.74) is 0.886. The van der Waals surface area contributed by atoms with Gasteiger partial charge >= 0.3 is 0 Å². The molecule has 14 nitrogen and oxygen atoms in total. The number of unbranched alkanes of at least 4 members (excludes halogenated alkanes) is 3. The van der Waals surface area contributed by atoms with Gasteiger partial charge in [0.15, 0.2) is 0 Å². The topological polar surface area (TPSA) is 139 Å². The molecule has 0 fully saturated rings. The molecule has 14 heteroatoms. The van der Waals surface area contributed by atoms with Gasteiger partial charge in [-0.05, 0) is 18.6 Å². The van der Waals surface area contributed by atoms with Crippen molar-refractivity contribution in [2.75, 3.05) is 152 Å². The summed E-state index contributed by atoms with van der Waals surface area (Å²) in [5, 5.41) is 0. The number of imide groups is 1. The van der Waals surface area contributed by atoms with Gasteiger partial charge in [0.2, 0.25) is 0 Å². The zero-order valence-corrected chi connectivity index (χ0v) is 30.2. The lowest BCUT2D eigenvalue weighted by atomic mass is 10.1. The Bertz CT molecular complexity index is 919. The molecule has 2 rings (SSSR count). The zero-order valence-electron chi connectivity index (χ0n) is 30.2. The minimum Gasteiger partial charge on any atom is -0.379 e. The smallest absolute Gasteiger partial charge is 0.261 e. The van der Waals surface area contributed by atoms with Crippen LogP contribution in [0, 0.1) is 0 Å². The van der Waals surface area contributed by atoms with Gasteiger partial charge in [-0.15, -0.1) is 0 Å². The monoisotopic (exact) mass is 715 g/mol. The first-order valence-corrected chi connectivity index (χ1v) is 18.1. The normalized spacial score (nSPS) is 12.8. The maximum Gasteiger partial charge on any atom is 0.261 e. The molecule has 1 aromatic rings. The van der Waals surface area contributed by atoms with Crippen LogP contribution in [0.25, 0.3) is 0 Å². The molecule has 0 spiro atoms. The first-order chi connectivity index (χ1) is 24.8. The van der Waals surface area contributed by atoms with Crippen molar-refractivity contribution in [1.29, 1.82) is 0 Å². The second-order valence-corrected chi connectivity index (χ2v) is 11.1. The Morgan fingerprint density at radius 3 is 0.960 bits per heavy atom. The van der Waals surface area contributed by atoms with Crippen molar-refractivity contribution in [2.45, 2.75) is 32.6 Å². The van der Waals surface area contributed by atoms with E-state index in [0.29, 0.717) is 143 Å². The fourth-order valence-corrected chi connectivity index (χ4v) is 4.53. The van der Waals surface area contributed by atoms with Crippen LogP contribution in [0.4, 0.5) is 0 Å². The molecule has 0 N–H and O–H groups in total. The third-order valence-corrected chi connectivity index (χ3v) is 7.20. The minimum absolute atomic E-state index is 0.215. The number of hydrogen-bond acceptors (Lipinski definition) is 13. The maximum absolute atomic E-state index is 12.3. The van der Waals surface area contributed by atoms with Gasteiger partial charge in [-0.25, -0.2) is 0 Å². The molecule has 0 aromatic heterocycles. The molecule has 288 valence electrons. The quantitative estimate of drug-likeness (QED) is 0.0733. The maximum atomic E-state index is 12.3. The van der Waals surface area contributed by atoms with Gasteiger partial charge in [0, 0.05) is 6.61 Å². The summed E-state index contributed by atoms with van der Waals surface area (Å²) >= 11 is 0. The highest BCUT2D eigenvalue weighted by molar-refractivity contribution is 6.21. The summed E-state index contributed by atoms with van der Waals surface area (Å²) in [5.74, 6) is -0.553. The van der Waals surface area contributed by atoms with E-state index >= 15 is 0 Å². The molecular weight excluding hydrogens is 654 g/mol. The van der Waals surface area contributed by atoms with Crippen molar-refractivity contribution in [2.24, 2.45) is 0 Å².